The monoisotopic (exact) mass is 577 g/mol. The van der Waals surface area contributed by atoms with Crippen LogP contribution < -0.4 is 25.8 Å². The average molecular weight is 578 g/mol. The molecule has 0 spiro atoms. The van der Waals surface area contributed by atoms with Crippen LogP contribution in [0.2, 0.25) is 0 Å². The van der Waals surface area contributed by atoms with Crippen LogP contribution in [0.4, 0.5) is 30.2 Å². The van der Waals surface area contributed by atoms with Gasteiger partial charge in [-0.2, -0.15) is 13.2 Å². The number of methoxy groups -OCH3 is 1. The summed E-state index contributed by atoms with van der Waals surface area (Å²) < 4.78 is 49.9. The van der Waals surface area contributed by atoms with E-state index < -0.39 is 24.3 Å². The van der Waals surface area contributed by atoms with Crippen molar-refractivity contribution in [3.63, 3.8) is 0 Å². The first kappa shape index (κ1) is 27.6. The van der Waals surface area contributed by atoms with Crippen molar-refractivity contribution in [3.8, 4) is 11.5 Å². The number of nitrogens with one attached hydrogen (secondary N) is 2. The summed E-state index contributed by atoms with van der Waals surface area (Å²) in [5.41, 5.74) is 7.52. The molecular weight excluding hydrogens is 555 g/mol. The van der Waals surface area contributed by atoms with Gasteiger partial charge in [-0.1, -0.05) is 28.1 Å². The largest absolute Gasteiger partial charge is 0.493 e. The molecular formula is C26H23BrF3N3O4. The Morgan fingerprint density at radius 3 is 2.46 bits per heavy atom. The highest BCUT2D eigenvalue weighted by Gasteiger charge is 2.31. The van der Waals surface area contributed by atoms with Crippen LogP contribution in [-0.2, 0) is 15.8 Å². The Morgan fingerprint density at radius 2 is 1.78 bits per heavy atom. The molecule has 0 saturated carbocycles. The Labute approximate surface area is 219 Å². The lowest BCUT2D eigenvalue weighted by Crippen LogP contribution is -2.20. The fourth-order valence-corrected chi connectivity index (χ4v) is 3.71. The number of nitrogen functional groups attached to an aromatic ring is 1. The first-order valence-electron chi connectivity index (χ1n) is 10.8. The minimum absolute atomic E-state index is 0.0339. The van der Waals surface area contributed by atoms with E-state index in [4.69, 9.17) is 15.2 Å². The van der Waals surface area contributed by atoms with Gasteiger partial charge in [0.15, 0.2) is 18.1 Å². The predicted octanol–water partition coefficient (Wildman–Crippen LogP) is 6.04. The maximum atomic E-state index is 13.0. The van der Waals surface area contributed by atoms with Crippen molar-refractivity contribution >= 4 is 50.9 Å². The summed E-state index contributed by atoms with van der Waals surface area (Å²) in [5.74, 6) is -0.520. The van der Waals surface area contributed by atoms with Gasteiger partial charge in [-0.3, -0.25) is 9.59 Å². The third-order valence-electron chi connectivity index (χ3n) is 4.95. The highest BCUT2D eigenvalue weighted by atomic mass is 79.9. The molecule has 11 heteroatoms. The highest BCUT2D eigenvalue weighted by molar-refractivity contribution is 9.10. The van der Waals surface area contributed by atoms with E-state index in [1.54, 1.807) is 36.4 Å². The summed E-state index contributed by atoms with van der Waals surface area (Å²) in [7, 11) is 1.41. The van der Waals surface area contributed by atoms with E-state index in [1.807, 2.05) is 13.0 Å². The number of alkyl halides is 3. The predicted molar refractivity (Wildman–Crippen MR) is 140 cm³/mol. The summed E-state index contributed by atoms with van der Waals surface area (Å²) in [6.45, 7) is 1.42. The zero-order valence-corrected chi connectivity index (χ0v) is 21.4. The van der Waals surface area contributed by atoms with Gasteiger partial charge >= 0.3 is 6.18 Å². The van der Waals surface area contributed by atoms with E-state index in [-0.39, 0.29) is 21.8 Å². The summed E-state index contributed by atoms with van der Waals surface area (Å²) in [6, 6.07) is 13.2. The van der Waals surface area contributed by atoms with Crippen molar-refractivity contribution in [1.82, 2.24) is 0 Å². The molecule has 0 heterocycles. The summed E-state index contributed by atoms with van der Waals surface area (Å²) in [4.78, 5) is 24.5. The lowest BCUT2D eigenvalue weighted by molar-refractivity contribution is -0.137. The number of hydrogen-bond donors (Lipinski definition) is 3. The summed E-state index contributed by atoms with van der Waals surface area (Å²) in [6.07, 6.45) is -1.67. The molecule has 0 radical (unpaired) electrons. The van der Waals surface area contributed by atoms with E-state index >= 15 is 0 Å². The van der Waals surface area contributed by atoms with Crippen molar-refractivity contribution in [2.24, 2.45) is 0 Å². The van der Waals surface area contributed by atoms with Gasteiger partial charge < -0.3 is 25.8 Å². The topological polar surface area (TPSA) is 103 Å². The standard InChI is InChI=1S/C26H23BrF3N3O4/c1-15-3-6-21(20(31)9-15)33-24(34)8-5-16-4-7-22(23(10-16)36-2)37-14-25(35)32-19-12-17(26(28,29)30)11-18(27)13-19/h3-13H,14,31H2,1-2H3,(H,32,35)(H,33,34)/b8-5+. The van der Waals surface area contributed by atoms with Gasteiger partial charge in [0.25, 0.3) is 5.91 Å². The third kappa shape index (κ3) is 8.01. The number of benzene rings is 3. The van der Waals surface area contributed by atoms with Crippen LogP contribution in [0.5, 0.6) is 11.5 Å². The fraction of sp³-hybridized carbons (Fsp3) is 0.154. The SMILES string of the molecule is COc1cc(/C=C/C(=O)Nc2ccc(C)cc2N)ccc1OCC(=O)Nc1cc(Br)cc(C(F)(F)F)c1. The zero-order chi connectivity index (χ0) is 27.2. The number of nitrogens with two attached hydrogens (primary N) is 1. The van der Waals surface area contributed by atoms with Crippen molar-refractivity contribution < 1.29 is 32.2 Å². The number of ether oxygens (including phenoxy) is 2. The number of hydrogen-bond acceptors (Lipinski definition) is 5. The number of amides is 2. The molecule has 0 aromatic heterocycles. The van der Waals surface area contributed by atoms with Crippen LogP contribution in [0.3, 0.4) is 0 Å². The van der Waals surface area contributed by atoms with E-state index in [0.717, 1.165) is 17.7 Å². The third-order valence-corrected chi connectivity index (χ3v) is 5.41. The fourth-order valence-electron chi connectivity index (χ4n) is 3.22. The first-order valence-corrected chi connectivity index (χ1v) is 11.6. The second-order valence-corrected chi connectivity index (χ2v) is 8.80. The molecule has 4 N–H and O–H groups in total. The Hall–Kier alpha value is -3.99. The molecule has 7 nitrogen and oxygen atoms in total. The second kappa shape index (κ2) is 11.8. The van der Waals surface area contributed by atoms with Gasteiger partial charge in [-0.15, -0.1) is 0 Å². The molecule has 0 aliphatic heterocycles. The molecule has 2 amide bonds. The lowest BCUT2D eigenvalue weighted by atomic mass is 10.1. The molecule has 194 valence electrons. The number of halogens is 4. The Bertz CT molecular complexity index is 1340. The highest BCUT2D eigenvalue weighted by Crippen LogP contribution is 2.33. The van der Waals surface area contributed by atoms with E-state index in [0.29, 0.717) is 22.7 Å². The van der Waals surface area contributed by atoms with Gasteiger partial charge in [0.1, 0.15) is 0 Å². The molecule has 3 rings (SSSR count). The van der Waals surface area contributed by atoms with Crippen LogP contribution in [0, 0.1) is 6.92 Å². The van der Waals surface area contributed by atoms with E-state index in [9.17, 15) is 22.8 Å². The summed E-state index contributed by atoms with van der Waals surface area (Å²) >= 11 is 3.01. The quantitative estimate of drug-likeness (QED) is 0.224. The minimum atomic E-state index is -4.56. The molecule has 3 aromatic rings. The average Bonchev–Trinajstić information content (AvgIpc) is 2.82. The van der Waals surface area contributed by atoms with Crippen LogP contribution >= 0.6 is 15.9 Å². The smallest absolute Gasteiger partial charge is 0.416 e. The molecule has 0 unspecified atom stereocenters. The number of carbonyl (C=O) groups excluding carboxylic acids is 2. The molecule has 0 fully saturated rings. The molecule has 37 heavy (non-hydrogen) atoms. The number of carbonyl (C=O) groups is 2. The van der Waals surface area contributed by atoms with Crippen LogP contribution in [0.1, 0.15) is 16.7 Å². The van der Waals surface area contributed by atoms with Gasteiger partial charge in [-0.05, 0) is 66.6 Å². The molecule has 0 aliphatic carbocycles. The molecule has 0 saturated heterocycles. The van der Waals surface area contributed by atoms with Gasteiger partial charge in [0, 0.05) is 16.2 Å². The van der Waals surface area contributed by atoms with Crippen LogP contribution in [0.25, 0.3) is 6.08 Å². The molecule has 3 aromatic carbocycles. The molecule has 0 atom stereocenters. The maximum absolute atomic E-state index is 13.0. The van der Waals surface area contributed by atoms with Gasteiger partial charge in [-0.25, -0.2) is 0 Å². The Balaban J connectivity index is 1.61. The van der Waals surface area contributed by atoms with Crippen molar-refractivity contribution in [2.75, 3.05) is 30.1 Å². The van der Waals surface area contributed by atoms with Gasteiger partial charge in [0.2, 0.25) is 5.91 Å². The Kier molecular flexibility index (Phi) is 8.82. The van der Waals surface area contributed by atoms with E-state index in [2.05, 4.69) is 26.6 Å². The number of rotatable bonds is 8. The van der Waals surface area contributed by atoms with Crippen molar-refractivity contribution in [2.45, 2.75) is 13.1 Å². The maximum Gasteiger partial charge on any atom is 0.416 e. The molecule has 0 aliphatic rings. The number of aryl methyl sites for hydroxylation is 1. The molecule has 0 bridgehead atoms. The van der Waals surface area contributed by atoms with Crippen LogP contribution in [0.15, 0.2) is 65.1 Å². The number of anilines is 3. The van der Waals surface area contributed by atoms with E-state index in [1.165, 1.54) is 19.3 Å². The van der Waals surface area contributed by atoms with Gasteiger partial charge in [0.05, 0.1) is 24.0 Å². The van der Waals surface area contributed by atoms with Crippen molar-refractivity contribution in [1.29, 1.82) is 0 Å². The zero-order valence-electron chi connectivity index (χ0n) is 19.8. The summed E-state index contributed by atoms with van der Waals surface area (Å²) in [5, 5.41) is 5.07. The first-order chi connectivity index (χ1) is 17.4. The second-order valence-electron chi connectivity index (χ2n) is 7.89. The minimum Gasteiger partial charge on any atom is -0.493 e. The normalized spacial score (nSPS) is 11.3. The van der Waals surface area contributed by atoms with Crippen molar-refractivity contribution in [3.05, 3.63) is 81.8 Å². The Morgan fingerprint density at radius 1 is 1.03 bits per heavy atom. The van der Waals surface area contributed by atoms with Crippen LogP contribution in [-0.4, -0.2) is 25.5 Å². The lowest BCUT2D eigenvalue weighted by Gasteiger charge is -2.13.